The van der Waals surface area contributed by atoms with Crippen LogP contribution in [0.1, 0.15) is 22.8 Å². The fourth-order valence-electron chi connectivity index (χ4n) is 2.85. The second-order valence-electron chi connectivity index (χ2n) is 6.31. The van der Waals surface area contributed by atoms with Crippen LogP contribution in [-0.2, 0) is 11.2 Å². The van der Waals surface area contributed by atoms with Gasteiger partial charge in [0.25, 0.3) is 0 Å². The number of carbonyl (C=O) groups is 2. The average Bonchev–Trinajstić information content (AvgIpc) is 2.52. The molecule has 0 unspecified atom stereocenters. The topological polar surface area (TPSA) is 60.2 Å². The molecule has 0 spiro atoms. The van der Waals surface area contributed by atoms with Gasteiger partial charge in [-0.1, -0.05) is 0 Å². The summed E-state index contributed by atoms with van der Waals surface area (Å²) < 4.78 is 55.1. The number of ketones is 1. The first-order valence-electron chi connectivity index (χ1n) is 7.57. The second-order valence-corrected chi connectivity index (χ2v) is 6.31. The molecule has 2 aromatic rings. The van der Waals surface area contributed by atoms with Crippen molar-refractivity contribution in [2.24, 2.45) is 5.73 Å². The van der Waals surface area contributed by atoms with Crippen molar-refractivity contribution >= 4 is 23.1 Å². The van der Waals surface area contributed by atoms with Crippen LogP contribution in [0.25, 0.3) is 0 Å². The van der Waals surface area contributed by atoms with Gasteiger partial charge < -0.3 is 5.73 Å². The average molecular weight is 369 g/mol. The lowest BCUT2D eigenvalue weighted by Crippen LogP contribution is -2.38. The third-order valence-electron chi connectivity index (χ3n) is 4.10. The van der Waals surface area contributed by atoms with Gasteiger partial charge in [-0.2, -0.15) is 8.78 Å². The van der Waals surface area contributed by atoms with Crippen LogP contribution in [0.15, 0.2) is 24.3 Å². The van der Waals surface area contributed by atoms with Crippen molar-refractivity contribution in [1.29, 1.82) is 0 Å². The summed E-state index contributed by atoms with van der Waals surface area (Å²) in [4.78, 5) is 22.9. The quantitative estimate of drug-likeness (QED) is 0.380. The van der Waals surface area contributed by atoms with Gasteiger partial charge in [0, 0.05) is 23.3 Å². The van der Waals surface area contributed by atoms with E-state index in [1.54, 1.807) is 0 Å². The van der Waals surface area contributed by atoms with E-state index in [9.17, 15) is 27.2 Å². The molecule has 2 N–H and O–H groups in total. The van der Waals surface area contributed by atoms with Crippen molar-refractivity contribution in [3.05, 3.63) is 58.7 Å². The van der Waals surface area contributed by atoms with Crippen molar-refractivity contribution < 1.29 is 27.2 Å². The monoisotopic (exact) mass is 369 g/mol. The molecule has 26 heavy (non-hydrogen) atoms. The van der Waals surface area contributed by atoms with Crippen LogP contribution in [0, 0.1) is 23.3 Å². The molecule has 2 aromatic carbocycles. The van der Waals surface area contributed by atoms with Crippen LogP contribution in [-0.4, -0.2) is 25.8 Å². The molecular weight excluding hydrogens is 352 g/mol. The van der Waals surface area contributed by atoms with E-state index in [0.717, 1.165) is 0 Å². The summed E-state index contributed by atoms with van der Waals surface area (Å²) in [6, 6.07) is 4.26. The second kappa shape index (κ2) is 6.87. The van der Waals surface area contributed by atoms with Crippen LogP contribution in [0.2, 0.25) is 0 Å². The lowest BCUT2D eigenvalue weighted by molar-refractivity contribution is -0.117. The largest absolute Gasteiger partial charge is 0.369 e. The minimum atomic E-state index is -1.55. The number of nitrogens with zero attached hydrogens (tertiary/aromatic N) is 1. The predicted octanol–water partition coefficient (Wildman–Crippen LogP) is 3.37. The van der Waals surface area contributed by atoms with E-state index < -0.39 is 39.3 Å². The van der Waals surface area contributed by atoms with E-state index in [0.29, 0.717) is 0 Å². The zero-order chi connectivity index (χ0) is 19.8. The molecule has 0 atom stereocenters. The molecule has 0 heterocycles. The Balaban J connectivity index is 2.77. The third kappa shape index (κ3) is 3.45. The fourth-order valence-corrected chi connectivity index (χ4v) is 2.85. The molecule has 0 aromatic heterocycles. The van der Waals surface area contributed by atoms with E-state index >= 15 is 0 Å². The first kappa shape index (κ1) is 19.6. The van der Waals surface area contributed by atoms with Crippen LogP contribution in [0.4, 0.5) is 28.9 Å². The first-order valence-corrected chi connectivity index (χ1v) is 7.57. The summed E-state index contributed by atoms with van der Waals surface area (Å²) >= 11 is 0. The highest BCUT2D eigenvalue weighted by Crippen LogP contribution is 2.39. The lowest BCUT2D eigenvalue weighted by atomic mass is 10.0. The number of nitrogens with two attached hydrogens (primary N) is 1. The highest BCUT2D eigenvalue weighted by Gasteiger charge is 2.36. The van der Waals surface area contributed by atoms with Gasteiger partial charge in [-0.3, -0.25) is 14.1 Å². The molecule has 138 valence electrons. The molecule has 0 bridgehead atoms. The Morgan fingerprint density at radius 3 is 2.00 bits per heavy atom. The van der Waals surface area contributed by atoms with Crippen molar-refractivity contribution in [1.82, 2.24) is 4.48 Å². The molecule has 4 nitrogen and oxygen atoms in total. The minimum Gasteiger partial charge on any atom is -0.369 e. The normalized spacial score (nSPS) is 11.5. The standard InChI is InChI=1S/C18H16F4N2O2/c1-9(25)10-4-5-14(11(6-10)7-15(23)26)24(2,3)18-16(21)12(19)8-13(20)17(18)22/h4-6,8H,7H2,1-3H3,(H-,23,26)/p+1. The minimum absolute atomic E-state index is 0.122. The number of rotatable bonds is 5. The summed E-state index contributed by atoms with van der Waals surface area (Å²) in [5.41, 5.74) is 4.98. The molecule has 0 aliphatic rings. The summed E-state index contributed by atoms with van der Waals surface area (Å²) in [7, 11) is 2.60. The highest BCUT2D eigenvalue weighted by atomic mass is 19.2. The van der Waals surface area contributed by atoms with E-state index in [1.165, 1.54) is 39.2 Å². The van der Waals surface area contributed by atoms with Gasteiger partial charge in [0.05, 0.1) is 20.5 Å². The third-order valence-corrected chi connectivity index (χ3v) is 4.10. The maximum atomic E-state index is 14.3. The van der Waals surface area contributed by atoms with Gasteiger partial charge in [-0.25, -0.2) is 8.78 Å². The van der Waals surface area contributed by atoms with E-state index in [2.05, 4.69) is 0 Å². The lowest BCUT2D eigenvalue weighted by Gasteiger charge is -2.31. The molecule has 2 rings (SSSR count). The zero-order valence-electron chi connectivity index (χ0n) is 14.4. The Morgan fingerprint density at radius 1 is 1.00 bits per heavy atom. The van der Waals surface area contributed by atoms with E-state index in [4.69, 9.17) is 5.73 Å². The number of carbonyl (C=O) groups excluding carboxylic acids is 2. The number of hydrogen-bond acceptors (Lipinski definition) is 2. The van der Waals surface area contributed by atoms with Gasteiger partial charge in [0.2, 0.25) is 23.2 Å². The van der Waals surface area contributed by atoms with Crippen molar-refractivity contribution in [3.63, 3.8) is 0 Å². The van der Waals surface area contributed by atoms with Crippen molar-refractivity contribution in [2.45, 2.75) is 13.3 Å². The highest BCUT2D eigenvalue weighted by molar-refractivity contribution is 5.95. The van der Waals surface area contributed by atoms with Crippen molar-refractivity contribution in [3.8, 4) is 0 Å². The number of halogens is 4. The maximum absolute atomic E-state index is 14.3. The number of Topliss-reactive ketones (excluding diaryl/α,β-unsaturated/α-hetero) is 1. The van der Waals surface area contributed by atoms with E-state index in [-0.39, 0.29) is 35.1 Å². The fraction of sp³-hybridized carbons (Fsp3) is 0.222. The van der Waals surface area contributed by atoms with Crippen LogP contribution >= 0.6 is 0 Å². The molecule has 0 aliphatic carbocycles. The molecule has 0 radical (unpaired) electrons. The number of benzene rings is 2. The molecule has 8 heteroatoms. The Morgan fingerprint density at radius 2 is 1.54 bits per heavy atom. The Labute approximate surface area is 147 Å². The molecule has 0 aliphatic heterocycles. The van der Waals surface area contributed by atoms with Gasteiger partial charge in [0.15, 0.2) is 17.4 Å². The first-order chi connectivity index (χ1) is 12.0. The number of hydrogen-bond donors (Lipinski definition) is 1. The van der Waals surface area contributed by atoms with Crippen molar-refractivity contribution in [2.75, 3.05) is 14.1 Å². The molecule has 1 amide bonds. The van der Waals surface area contributed by atoms with Gasteiger partial charge in [-0.05, 0) is 19.1 Å². The molecule has 0 fully saturated rings. The van der Waals surface area contributed by atoms with Crippen LogP contribution < -0.4 is 10.2 Å². The summed E-state index contributed by atoms with van der Waals surface area (Å²) in [5.74, 6) is -7.20. The van der Waals surface area contributed by atoms with Crippen LogP contribution in [0.3, 0.4) is 0 Å². The predicted molar refractivity (Wildman–Crippen MR) is 88.9 cm³/mol. The molecule has 0 saturated heterocycles. The Hall–Kier alpha value is -2.74. The van der Waals surface area contributed by atoms with Gasteiger partial charge in [0.1, 0.15) is 5.69 Å². The maximum Gasteiger partial charge on any atom is 0.223 e. The molecule has 0 saturated carbocycles. The zero-order valence-corrected chi connectivity index (χ0v) is 14.4. The number of primary amides is 1. The Kier molecular flexibility index (Phi) is 5.18. The van der Waals surface area contributed by atoms with Gasteiger partial charge in [-0.15, -0.1) is 0 Å². The summed E-state index contributed by atoms with van der Waals surface area (Å²) in [5, 5.41) is 0. The van der Waals surface area contributed by atoms with Gasteiger partial charge >= 0.3 is 0 Å². The summed E-state index contributed by atoms with van der Waals surface area (Å²) in [6.45, 7) is 1.31. The Bertz CT molecular complexity index is 884. The number of amides is 1. The van der Waals surface area contributed by atoms with Crippen LogP contribution in [0.5, 0.6) is 0 Å². The van der Waals surface area contributed by atoms with E-state index in [1.807, 2.05) is 0 Å². The smallest absolute Gasteiger partial charge is 0.223 e. The number of quaternary nitrogens is 1. The molecular formula is C18H17F4N2O2+. The summed E-state index contributed by atoms with van der Waals surface area (Å²) in [6.07, 6.45) is -0.320. The SMILES string of the molecule is CC(=O)c1ccc([N+](C)(C)c2c(F)c(F)cc(F)c2F)c(CC(N)=O)c1.